The third-order valence-corrected chi connectivity index (χ3v) is 2.37. The molecule has 3 heteroatoms. The summed E-state index contributed by atoms with van der Waals surface area (Å²) < 4.78 is 5.06. The van der Waals surface area contributed by atoms with Gasteiger partial charge in [-0.2, -0.15) is 0 Å². The zero-order valence-electron chi connectivity index (χ0n) is 9.85. The Morgan fingerprint density at radius 1 is 1.35 bits per heavy atom. The summed E-state index contributed by atoms with van der Waals surface area (Å²) >= 11 is 0. The number of ether oxygens (including phenoxy) is 1. The number of allylic oxidation sites excluding steroid dienone is 1. The maximum Gasteiger partial charge on any atom is 0.330 e. The van der Waals surface area contributed by atoms with E-state index in [1.807, 2.05) is 24.3 Å². The van der Waals surface area contributed by atoms with Gasteiger partial charge in [0.15, 0.2) is 0 Å². The molecule has 0 radical (unpaired) electrons. The van der Waals surface area contributed by atoms with Crippen LogP contribution in [0.25, 0.3) is 0 Å². The summed E-state index contributed by atoms with van der Waals surface area (Å²) in [7, 11) is 0. The molecule has 90 valence electrons. The monoisotopic (exact) mass is 232 g/mol. The lowest BCUT2D eigenvalue weighted by atomic mass is 10.1. The second kappa shape index (κ2) is 6.53. The molecule has 0 unspecified atom stereocenters. The molecule has 3 nitrogen and oxygen atoms in total. The van der Waals surface area contributed by atoms with E-state index in [0.717, 1.165) is 11.1 Å². The zero-order valence-corrected chi connectivity index (χ0v) is 9.85. The first kappa shape index (κ1) is 13.0. The molecule has 0 heterocycles. The maximum atomic E-state index is 10.6. The average Bonchev–Trinajstić information content (AvgIpc) is 2.34. The van der Waals surface area contributed by atoms with Gasteiger partial charge >= 0.3 is 5.97 Å². The molecule has 0 aliphatic carbocycles. The van der Waals surface area contributed by atoms with E-state index in [9.17, 15) is 4.79 Å². The number of aliphatic carboxylic acids is 1. The fourth-order valence-electron chi connectivity index (χ4n) is 1.28. The van der Waals surface area contributed by atoms with E-state index in [1.54, 1.807) is 13.0 Å². The van der Waals surface area contributed by atoms with Crippen LogP contribution in [0.2, 0.25) is 0 Å². The van der Waals surface area contributed by atoms with Gasteiger partial charge in [0.1, 0.15) is 6.61 Å². The third kappa shape index (κ3) is 4.55. The largest absolute Gasteiger partial charge is 0.497 e. The van der Waals surface area contributed by atoms with Gasteiger partial charge in [0.05, 0.1) is 6.26 Å². The van der Waals surface area contributed by atoms with Crippen LogP contribution in [0.3, 0.4) is 0 Å². The molecule has 1 aromatic rings. The van der Waals surface area contributed by atoms with Crippen molar-refractivity contribution in [1.82, 2.24) is 0 Å². The Bertz CT molecular complexity index is 416. The van der Waals surface area contributed by atoms with Crippen LogP contribution in [0, 0.1) is 0 Å². The number of benzene rings is 1. The number of carboxylic acids is 1. The summed E-state index contributed by atoms with van der Waals surface area (Å²) in [6, 6.07) is 7.85. The highest BCUT2D eigenvalue weighted by atomic mass is 16.5. The van der Waals surface area contributed by atoms with Crippen LogP contribution in [-0.2, 0) is 22.6 Å². The topological polar surface area (TPSA) is 46.5 Å². The van der Waals surface area contributed by atoms with E-state index in [0.29, 0.717) is 18.6 Å². The number of hydrogen-bond acceptors (Lipinski definition) is 2. The lowest BCUT2D eigenvalue weighted by Gasteiger charge is -2.02. The average molecular weight is 232 g/mol. The molecule has 17 heavy (non-hydrogen) atoms. The first-order chi connectivity index (χ1) is 8.13. The third-order valence-electron chi connectivity index (χ3n) is 2.37. The first-order valence-electron chi connectivity index (χ1n) is 5.34. The minimum atomic E-state index is -0.874. The second-order valence-electron chi connectivity index (χ2n) is 3.69. The first-order valence-corrected chi connectivity index (χ1v) is 5.34. The summed E-state index contributed by atoms with van der Waals surface area (Å²) in [5, 5.41) is 8.71. The molecular formula is C14H16O3. The molecule has 0 saturated carbocycles. The molecule has 0 aromatic heterocycles. The molecular weight excluding hydrogens is 216 g/mol. The van der Waals surface area contributed by atoms with E-state index < -0.39 is 5.97 Å². The number of carbonyl (C=O) groups is 1. The summed E-state index contributed by atoms with van der Waals surface area (Å²) in [6.07, 6.45) is 3.74. The Balaban J connectivity index is 2.59. The van der Waals surface area contributed by atoms with E-state index in [-0.39, 0.29) is 0 Å². The van der Waals surface area contributed by atoms with E-state index in [4.69, 9.17) is 9.84 Å². The van der Waals surface area contributed by atoms with Crippen molar-refractivity contribution in [1.29, 1.82) is 0 Å². The van der Waals surface area contributed by atoms with Crippen LogP contribution in [0.15, 0.2) is 48.8 Å². The molecule has 1 rings (SSSR count). The predicted molar refractivity (Wildman–Crippen MR) is 66.5 cm³/mol. The minimum Gasteiger partial charge on any atom is -0.497 e. The van der Waals surface area contributed by atoms with Gasteiger partial charge in [0, 0.05) is 5.57 Å². The van der Waals surface area contributed by atoms with Crippen LogP contribution in [0.5, 0.6) is 0 Å². The number of rotatable bonds is 6. The Morgan fingerprint density at radius 3 is 2.47 bits per heavy atom. The highest BCUT2D eigenvalue weighted by Gasteiger charge is 1.99. The molecule has 0 spiro atoms. The SMILES string of the molecule is C=COCc1ccc(CC=C(C)C(=O)O)cc1. The van der Waals surface area contributed by atoms with Crippen molar-refractivity contribution in [3.05, 3.63) is 59.9 Å². The summed E-state index contributed by atoms with van der Waals surface area (Å²) in [5.41, 5.74) is 2.50. The molecule has 0 fully saturated rings. The molecule has 1 N–H and O–H groups in total. The van der Waals surface area contributed by atoms with Gasteiger partial charge in [0.25, 0.3) is 0 Å². The van der Waals surface area contributed by atoms with Gasteiger partial charge in [-0.25, -0.2) is 4.79 Å². The van der Waals surface area contributed by atoms with Crippen LogP contribution >= 0.6 is 0 Å². The van der Waals surface area contributed by atoms with Crippen molar-refractivity contribution < 1.29 is 14.6 Å². The molecule has 0 amide bonds. The van der Waals surface area contributed by atoms with Crippen molar-refractivity contribution in [3.63, 3.8) is 0 Å². The normalized spacial score (nSPS) is 11.0. The quantitative estimate of drug-likeness (QED) is 0.606. The van der Waals surface area contributed by atoms with Crippen LogP contribution < -0.4 is 0 Å². The fraction of sp³-hybridized carbons (Fsp3) is 0.214. The van der Waals surface area contributed by atoms with Gasteiger partial charge in [-0.15, -0.1) is 0 Å². The fourth-order valence-corrected chi connectivity index (χ4v) is 1.28. The zero-order chi connectivity index (χ0) is 12.7. The highest BCUT2D eigenvalue weighted by Crippen LogP contribution is 2.08. The summed E-state index contributed by atoms with van der Waals surface area (Å²) in [5.74, 6) is -0.874. The Labute approximate surface area is 101 Å². The van der Waals surface area contributed by atoms with Gasteiger partial charge in [-0.1, -0.05) is 36.9 Å². The van der Waals surface area contributed by atoms with Crippen LogP contribution in [-0.4, -0.2) is 11.1 Å². The Morgan fingerprint density at radius 2 is 1.94 bits per heavy atom. The van der Waals surface area contributed by atoms with Crippen LogP contribution in [0.4, 0.5) is 0 Å². The van der Waals surface area contributed by atoms with Crippen molar-refractivity contribution in [2.75, 3.05) is 0 Å². The molecule has 0 atom stereocenters. The predicted octanol–water partition coefficient (Wildman–Crippen LogP) is 2.92. The van der Waals surface area contributed by atoms with Crippen molar-refractivity contribution in [3.8, 4) is 0 Å². The van der Waals surface area contributed by atoms with Crippen molar-refractivity contribution in [2.24, 2.45) is 0 Å². The molecule has 0 bridgehead atoms. The van der Waals surface area contributed by atoms with Crippen molar-refractivity contribution >= 4 is 5.97 Å². The number of carboxylic acid groups (broad SMARTS) is 1. The minimum absolute atomic E-state index is 0.365. The lowest BCUT2D eigenvalue weighted by Crippen LogP contribution is -1.96. The lowest BCUT2D eigenvalue weighted by molar-refractivity contribution is -0.132. The molecule has 0 aliphatic heterocycles. The standard InChI is InChI=1S/C14H16O3/c1-3-17-10-13-8-6-12(7-9-13)5-4-11(2)14(15)16/h3-4,6-9H,1,5,10H2,2H3,(H,15,16). The van der Waals surface area contributed by atoms with Gasteiger partial charge in [-0.3, -0.25) is 0 Å². The molecule has 1 aromatic carbocycles. The van der Waals surface area contributed by atoms with Gasteiger partial charge in [0.2, 0.25) is 0 Å². The smallest absolute Gasteiger partial charge is 0.330 e. The Kier molecular flexibility index (Phi) is 5.01. The van der Waals surface area contributed by atoms with Gasteiger partial charge < -0.3 is 9.84 Å². The van der Waals surface area contributed by atoms with E-state index >= 15 is 0 Å². The van der Waals surface area contributed by atoms with E-state index in [1.165, 1.54) is 6.26 Å². The van der Waals surface area contributed by atoms with E-state index in [2.05, 4.69) is 6.58 Å². The maximum absolute atomic E-state index is 10.6. The summed E-state index contributed by atoms with van der Waals surface area (Å²) in [6.45, 7) is 5.57. The molecule has 0 aliphatic rings. The molecule has 0 saturated heterocycles. The Hall–Kier alpha value is -2.03. The van der Waals surface area contributed by atoms with Crippen LogP contribution in [0.1, 0.15) is 18.1 Å². The van der Waals surface area contributed by atoms with Crippen molar-refractivity contribution in [2.45, 2.75) is 20.0 Å². The summed E-state index contributed by atoms with van der Waals surface area (Å²) in [4.78, 5) is 10.6. The second-order valence-corrected chi connectivity index (χ2v) is 3.69. The van der Waals surface area contributed by atoms with Gasteiger partial charge in [-0.05, 0) is 24.5 Å². The highest BCUT2D eigenvalue weighted by molar-refractivity contribution is 5.85. The number of hydrogen-bond donors (Lipinski definition) is 1.